The molecule has 1 aromatic carbocycles. The van der Waals surface area contributed by atoms with E-state index in [4.69, 9.17) is 5.73 Å². The van der Waals surface area contributed by atoms with Gasteiger partial charge in [0, 0.05) is 28.2 Å². The lowest BCUT2D eigenvalue weighted by molar-refractivity contribution is 0.102. The van der Waals surface area contributed by atoms with Crippen molar-refractivity contribution < 1.29 is 4.79 Å². The Morgan fingerprint density at radius 1 is 1.24 bits per heavy atom. The van der Waals surface area contributed by atoms with Crippen LogP contribution in [0.15, 0.2) is 47.2 Å². The number of rotatable bonds is 2. The number of pyridine rings is 1. The number of carbonyl (C=O) groups excluding carboxylic acids is 1. The smallest absolute Gasteiger partial charge is 0.256 e. The predicted molar refractivity (Wildman–Crippen MR) is 70.7 cm³/mol. The molecule has 0 bridgehead atoms. The van der Waals surface area contributed by atoms with Crippen LogP contribution in [0.4, 0.5) is 11.4 Å². The molecule has 5 heteroatoms. The van der Waals surface area contributed by atoms with Crippen molar-refractivity contribution in [3.05, 3.63) is 52.8 Å². The fourth-order valence-corrected chi connectivity index (χ4v) is 1.78. The maximum Gasteiger partial charge on any atom is 0.256 e. The Hall–Kier alpha value is -1.88. The maximum atomic E-state index is 12.0. The van der Waals surface area contributed by atoms with Gasteiger partial charge >= 0.3 is 0 Å². The van der Waals surface area contributed by atoms with Gasteiger partial charge in [0.2, 0.25) is 0 Å². The van der Waals surface area contributed by atoms with E-state index in [1.54, 1.807) is 42.7 Å². The molecule has 0 aliphatic rings. The molecule has 0 saturated heterocycles. The number of benzene rings is 1. The van der Waals surface area contributed by atoms with E-state index in [1.165, 1.54) is 0 Å². The van der Waals surface area contributed by atoms with Crippen molar-refractivity contribution in [2.75, 3.05) is 11.1 Å². The molecule has 3 N–H and O–H groups in total. The molecule has 86 valence electrons. The molecule has 0 aliphatic heterocycles. The summed E-state index contributed by atoms with van der Waals surface area (Å²) >= 11 is 3.32. The lowest BCUT2D eigenvalue weighted by atomic mass is 10.2. The van der Waals surface area contributed by atoms with Gasteiger partial charge in [-0.2, -0.15) is 0 Å². The average Bonchev–Trinajstić information content (AvgIpc) is 2.33. The van der Waals surface area contributed by atoms with Crippen LogP contribution in [-0.2, 0) is 0 Å². The third-order valence-electron chi connectivity index (χ3n) is 2.17. The van der Waals surface area contributed by atoms with Gasteiger partial charge in [-0.25, -0.2) is 0 Å². The van der Waals surface area contributed by atoms with E-state index in [2.05, 4.69) is 26.2 Å². The Bertz CT molecular complexity index is 543. The molecule has 0 radical (unpaired) electrons. The fourth-order valence-electron chi connectivity index (χ4n) is 1.35. The Kier molecular flexibility index (Phi) is 3.39. The van der Waals surface area contributed by atoms with Gasteiger partial charge in [0.05, 0.1) is 5.56 Å². The number of hydrogen-bond acceptors (Lipinski definition) is 3. The number of amides is 1. The highest BCUT2D eigenvalue weighted by Gasteiger charge is 2.10. The van der Waals surface area contributed by atoms with E-state index in [0.29, 0.717) is 21.4 Å². The Balaban J connectivity index is 2.23. The molecule has 0 unspecified atom stereocenters. The lowest BCUT2D eigenvalue weighted by Crippen LogP contribution is -2.12. The number of halogens is 1. The molecule has 0 atom stereocenters. The molecule has 1 amide bonds. The van der Waals surface area contributed by atoms with Crippen LogP contribution in [0.2, 0.25) is 0 Å². The standard InChI is InChI=1S/C12H10BrN3O/c13-11-2-1-8(14)7-10(11)12(17)16-9-3-5-15-6-4-9/h1-7H,14H2,(H,15,16,17). The first-order valence-electron chi connectivity index (χ1n) is 4.93. The SMILES string of the molecule is Nc1ccc(Br)c(C(=O)Nc2ccncc2)c1. The molecule has 0 saturated carbocycles. The van der Waals surface area contributed by atoms with E-state index >= 15 is 0 Å². The number of anilines is 2. The van der Waals surface area contributed by atoms with Gasteiger partial charge < -0.3 is 11.1 Å². The van der Waals surface area contributed by atoms with Crippen LogP contribution in [0.25, 0.3) is 0 Å². The van der Waals surface area contributed by atoms with Crippen LogP contribution >= 0.6 is 15.9 Å². The number of nitrogens with two attached hydrogens (primary N) is 1. The van der Waals surface area contributed by atoms with Gasteiger partial charge in [0.25, 0.3) is 5.91 Å². The van der Waals surface area contributed by atoms with Gasteiger partial charge in [-0.15, -0.1) is 0 Å². The summed E-state index contributed by atoms with van der Waals surface area (Å²) in [6.07, 6.45) is 3.23. The third-order valence-corrected chi connectivity index (χ3v) is 2.86. The van der Waals surface area contributed by atoms with Crippen molar-refractivity contribution >= 4 is 33.2 Å². The monoisotopic (exact) mass is 291 g/mol. The molecule has 2 aromatic rings. The largest absolute Gasteiger partial charge is 0.399 e. The Labute approximate surface area is 107 Å². The zero-order chi connectivity index (χ0) is 12.3. The number of hydrogen-bond donors (Lipinski definition) is 2. The number of carbonyl (C=O) groups is 1. The predicted octanol–water partition coefficient (Wildman–Crippen LogP) is 2.68. The van der Waals surface area contributed by atoms with E-state index < -0.39 is 0 Å². The molecule has 0 fully saturated rings. The topological polar surface area (TPSA) is 68.0 Å². The quantitative estimate of drug-likeness (QED) is 0.836. The van der Waals surface area contributed by atoms with E-state index in [1.807, 2.05) is 0 Å². The third kappa shape index (κ3) is 2.82. The van der Waals surface area contributed by atoms with Crippen LogP contribution in [0.3, 0.4) is 0 Å². The summed E-state index contributed by atoms with van der Waals surface area (Å²) in [5, 5.41) is 2.76. The molecular formula is C12H10BrN3O. The fraction of sp³-hybridized carbons (Fsp3) is 0. The first kappa shape index (κ1) is 11.6. The van der Waals surface area contributed by atoms with Crippen LogP contribution in [-0.4, -0.2) is 10.9 Å². The molecule has 1 aromatic heterocycles. The Morgan fingerprint density at radius 2 is 1.94 bits per heavy atom. The highest BCUT2D eigenvalue weighted by molar-refractivity contribution is 9.10. The number of nitrogen functional groups attached to an aromatic ring is 1. The highest BCUT2D eigenvalue weighted by atomic mass is 79.9. The first-order chi connectivity index (χ1) is 8.16. The minimum atomic E-state index is -0.213. The molecule has 0 aliphatic carbocycles. The van der Waals surface area contributed by atoms with Gasteiger partial charge in [0.1, 0.15) is 0 Å². The average molecular weight is 292 g/mol. The molecular weight excluding hydrogens is 282 g/mol. The molecule has 2 rings (SSSR count). The number of nitrogens with one attached hydrogen (secondary N) is 1. The summed E-state index contributed by atoms with van der Waals surface area (Å²) in [7, 11) is 0. The highest BCUT2D eigenvalue weighted by Crippen LogP contribution is 2.20. The summed E-state index contributed by atoms with van der Waals surface area (Å²) < 4.78 is 0.707. The minimum Gasteiger partial charge on any atom is -0.399 e. The second kappa shape index (κ2) is 4.97. The number of nitrogens with zero attached hydrogens (tertiary/aromatic N) is 1. The molecule has 4 nitrogen and oxygen atoms in total. The molecule has 0 spiro atoms. The Morgan fingerprint density at radius 3 is 2.65 bits per heavy atom. The summed E-state index contributed by atoms with van der Waals surface area (Å²) in [4.78, 5) is 15.8. The van der Waals surface area contributed by atoms with Crippen molar-refractivity contribution in [1.29, 1.82) is 0 Å². The van der Waals surface area contributed by atoms with Crippen molar-refractivity contribution in [3.8, 4) is 0 Å². The van der Waals surface area contributed by atoms with Gasteiger partial charge in [-0.1, -0.05) is 0 Å². The second-order valence-electron chi connectivity index (χ2n) is 3.43. The molecule has 1 heterocycles. The number of aromatic nitrogens is 1. The van der Waals surface area contributed by atoms with E-state index in [9.17, 15) is 4.79 Å². The van der Waals surface area contributed by atoms with Crippen molar-refractivity contribution in [3.63, 3.8) is 0 Å². The summed E-state index contributed by atoms with van der Waals surface area (Å²) in [6, 6.07) is 8.54. The van der Waals surface area contributed by atoms with Gasteiger partial charge in [-0.3, -0.25) is 9.78 Å². The van der Waals surface area contributed by atoms with E-state index in [-0.39, 0.29) is 5.91 Å². The summed E-state index contributed by atoms with van der Waals surface area (Å²) in [6.45, 7) is 0. The molecule has 17 heavy (non-hydrogen) atoms. The van der Waals surface area contributed by atoms with Gasteiger partial charge in [-0.05, 0) is 46.3 Å². The van der Waals surface area contributed by atoms with Crippen LogP contribution in [0.5, 0.6) is 0 Å². The van der Waals surface area contributed by atoms with Crippen molar-refractivity contribution in [1.82, 2.24) is 4.98 Å². The minimum absolute atomic E-state index is 0.213. The van der Waals surface area contributed by atoms with Crippen LogP contribution in [0.1, 0.15) is 10.4 Å². The van der Waals surface area contributed by atoms with Crippen molar-refractivity contribution in [2.45, 2.75) is 0 Å². The lowest BCUT2D eigenvalue weighted by Gasteiger charge is -2.07. The summed E-state index contributed by atoms with van der Waals surface area (Å²) in [5.74, 6) is -0.213. The van der Waals surface area contributed by atoms with Gasteiger partial charge in [0.15, 0.2) is 0 Å². The zero-order valence-electron chi connectivity index (χ0n) is 8.85. The normalized spacial score (nSPS) is 9.94. The maximum absolute atomic E-state index is 12.0. The van der Waals surface area contributed by atoms with Crippen LogP contribution in [0, 0.1) is 0 Å². The first-order valence-corrected chi connectivity index (χ1v) is 5.72. The summed E-state index contributed by atoms with van der Waals surface area (Å²) in [5.41, 5.74) is 7.39. The van der Waals surface area contributed by atoms with E-state index in [0.717, 1.165) is 0 Å². The van der Waals surface area contributed by atoms with Crippen molar-refractivity contribution in [2.24, 2.45) is 0 Å². The second-order valence-corrected chi connectivity index (χ2v) is 4.28. The van der Waals surface area contributed by atoms with Crippen LogP contribution < -0.4 is 11.1 Å². The zero-order valence-corrected chi connectivity index (χ0v) is 10.4.